The molecule has 2 N–H and O–H groups in total. The molecule has 2 aromatic carbocycles. The van der Waals surface area contributed by atoms with Gasteiger partial charge < -0.3 is 24.8 Å². The van der Waals surface area contributed by atoms with E-state index in [1.807, 2.05) is 24.3 Å². The lowest BCUT2D eigenvalue weighted by Gasteiger charge is -2.21. The predicted octanol–water partition coefficient (Wildman–Crippen LogP) is 2.61. The van der Waals surface area contributed by atoms with Crippen molar-refractivity contribution in [3.63, 3.8) is 0 Å². The van der Waals surface area contributed by atoms with E-state index in [2.05, 4.69) is 15.6 Å². The maximum absolute atomic E-state index is 13.8. The maximum Gasteiger partial charge on any atom is 0.191 e. The van der Waals surface area contributed by atoms with Crippen molar-refractivity contribution in [3.05, 3.63) is 58.9 Å². The van der Waals surface area contributed by atoms with Crippen LogP contribution in [0.25, 0.3) is 0 Å². The van der Waals surface area contributed by atoms with Gasteiger partial charge in [0.05, 0.1) is 13.7 Å². The fraction of sp³-hybridized carbons (Fsp3) is 0.350. The van der Waals surface area contributed by atoms with E-state index in [-0.39, 0.29) is 12.6 Å². The molecule has 3 rings (SSSR count). The van der Waals surface area contributed by atoms with Gasteiger partial charge in [0.2, 0.25) is 0 Å². The third kappa shape index (κ3) is 4.89. The van der Waals surface area contributed by atoms with Crippen LogP contribution in [-0.4, -0.2) is 33.5 Å². The molecule has 27 heavy (non-hydrogen) atoms. The number of ether oxygens (including phenoxy) is 3. The Hall–Kier alpha value is -2.80. The number of benzene rings is 2. The predicted molar refractivity (Wildman–Crippen MR) is 102 cm³/mol. The second kappa shape index (κ2) is 9.23. The third-order valence-electron chi connectivity index (χ3n) is 4.30. The van der Waals surface area contributed by atoms with Crippen LogP contribution >= 0.6 is 0 Å². The molecule has 0 saturated heterocycles. The first-order valence-corrected chi connectivity index (χ1v) is 8.79. The summed E-state index contributed by atoms with van der Waals surface area (Å²) in [5.41, 5.74) is 2.60. The second-order valence-corrected chi connectivity index (χ2v) is 6.08. The number of rotatable bonds is 6. The number of guanidine groups is 1. The Morgan fingerprint density at radius 1 is 1.22 bits per heavy atom. The van der Waals surface area contributed by atoms with Gasteiger partial charge in [-0.05, 0) is 30.2 Å². The summed E-state index contributed by atoms with van der Waals surface area (Å²) < 4.78 is 29.9. The van der Waals surface area contributed by atoms with Crippen molar-refractivity contribution in [2.45, 2.75) is 19.6 Å². The highest BCUT2D eigenvalue weighted by Gasteiger charge is 2.16. The van der Waals surface area contributed by atoms with E-state index in [0.29, 0.717) is 32.1 Å². The van der Waals surface area contributed by atoms with E-state index >= 15 is 0 Å². The first-order chi connectivity index (χ1) is 13.2. The number of fused-ring (bicyclic) bond motifs is 1. The Bertz CT molecular complexity index is 811. The minimum atomic E-state index is -0.281. The average molecular weight is 373 g/mol. The Morgan fingerprint density at radius 3 is 2.89 bits per heavy atom. The Labute approximate surface area is 158 Å². The summed E-state index contributed by atoms with van der Waals surface area (Å²) >= 11 is 0. The van der Waals surface area contributed by atoms with E-state index in [0.717, 1.165) is 28.2 Å². The summed E-state index contributed by atoms with van der Waals surface area (Å²) in [5, 5.41) is 6.49. The van der Waals surface area contributed by atoms with Gasteiger partial charge in [0.15, 0.2) is 12.8 Å². The van der Waals surface area contributed by atoms with Gasteiger partial charge in [-0.15, -0.1) is 0 Å². The van der Waals surface area contributed by atoms with Gasteiger partial charge in [0.1, 0.15) is 17.3 Å². The molecule has 0 amide bonds. The van der Waals surface area contributed by atoms with Crippen LogP contribution in [0.15, 0.2) is 41.4 Å². The van der Waals surface area contributed by atoms with E-state index in [9.17, 15) is 4.39 Å². The monoisotopic (exact) mass is 373 g/mol. The van der Waals surface area contributed by atoms with Crippen molar-refractivity contribution in [1.29, 1.82) is 0 Å². The third-order valence-corrected chi connectivity index (χ3v) is 4.30. The van der Waals surface area contributed by atoms with Crippen molar-refractivity contribution in [2.75, 3.05) is 27.5 Å². The summed E-state index contributed by atoms with van der Waals surface area (Å²) in [4.78, 5) is 4.22. The molecule has 0 radical (unpaired) electrons. The quantitative estimate of drug-likeness (QED) is 0.602. The number of hydrogen-bond acceptors (Lipinski definition) is 4. The lowest BCUT2D eigenvalue weighted by molar-refractivity contribution is -0.0172. The molecule has 144 valence electrons. The molecule has 1 aliphatic rings. The summed E-state index contributed by atoms with van der Waals surface area (Å²) in [5.74, 6) is 1.93. The molecule has 0 aromatic heterocycles. The Morgan fingerprint density at radius 2 is 2.07 bits per heavy atom. The molecule has 0 aliphatic carbocycles. The van der Waals surface area contributed by atoms with Crippen molar-refractivity contribution in [1.82, 2.24) is 10.6 Å². The number of aliphatic imine (C=N–C) groups is 1. The van der Waals surface area contributed by atoms with Gasteiger partial charge in [-0.25, -0.2) is 4.39 Å². The summed E-state index contributed by atoms with van der Waals surface area (Å²) in [6, 6.07) is 10.8. The largest absolute Gasteiger partial charge is 0.496 e. The molecule has 1 aliphatic heterocycles. The van der Waals surface area contributed by atoms with Crippen LogP contribution < -0.4 is 20.1 Å². The first-order valence-electron chi connectivity index (χ1n) is 8.79. The minimum Gasteiger partial charge on any atom is -0.496 e. The highest BCUT2D eigenvalue weighted by Crippen LogP contribution is 2.29. The lowest BCUT2D eigenvalue weighted by Crippen LogP contribution is -2.38. The molecule has 6 nitrogen and oxygen atoms in total. The molecule has 0 atom stereocenters. The smallest absolute Gasteiger partial charge is 0.191 e. The normalized spacial score (nSPS) is 13.5. The Kier molecular flexibility index (Phi) is 6.49. The number of halogens is 1. The summed E-state index contributed by atoms with van der Waals surface area (Å²) in [6.07, 6.45) is 0.607. The fourth-order valence-corrected chi connectivity index (χ4v) is 3.01. The van der Waals surface area contributed by atoms with Crippen LogP contribution in [0.4, 0.5) is 4.39 Å². The average Bonchev–Trinajstić information content (AvgIpc) is 2.70. The zero-order valence-electron chi connectivity index (χ0n) is 15.5. The second-order valence-electron chi connectivity index (χ2n) is 6.08. The summed E-state index contributed by atoms with van der Waals surface area (Å²) in [7, 11) is 3.36. The molecule has 0 saturated carbocycles. The van der Waals surface area contributed by atoms with Gasteiger partial charge in [0, 0.05) is 31.3 Å². The van der Waals surface area contributed by atoms with Crippen LogP contribution in [0.2, 0.25) is 0 Å². The van der Waals surface area contributed by atoms with E-state index < -0.39 is 0 Å². The first kappa shape index (κ1) is 19.0. The number of nitrogens with one attached hydrogen (secondary N) is 2. The van der Waals surface area contributed by atoms with Gasteiger partial charge in [-0.3, -0.25) is 4.99 Å². The SMILES string of the molecule is CN=C(NCCc1cc(F)cc2c1OCOC2)NCc1ccccc1OC. The molecular weight excluding hydrogens is 349 g/mol. The number of methoxy groups -OCH3 is 1. The number of para-hydroxylation sites is 1. The molecule has 0 fully saturated rings. The molecule has 0 unspecified atom stereocenters. The molecule has 0 bridgehead atoms. The maximum atomic E-state index is 13.8. The zero-order chi connectivity index (χ0) is 19.1. The van der Waals surface area contributed by atoms with Gasteiger partial charge >= 0.3 is 0 Å². The van der Waals surface area contributed by atoms with Crippen molar-refractivity contribution in [2.24, 2.45) is 4.99 Å². The van der Waals surface area contributed by atoms with Gasteiger partial charge in [-0.1, -0.05) is 18.2 Å². The fourth-order valence-electron chi connectivity index (χ4n) is 3.01. The van der Waals surface area contributed by atoms with Gasteiger partial charge in [0.25, 0.3) is 0 Å². The lowest BCUT2D eigenvalue weighted by atomic mass is 10.1. The summed E-state index contributed by atoms with van der Waals surface area (Å²) in [6.45, 7) is 1.74. The number of hydrogen-bond donors (Lipinski definition) is 2. The van der Waals surface area contributed by atoms with E-state index in [1.54, 1.807) is 14.2 Å². The van der Waals surface area contributed by atoms with Crippen LogP contribution in [0, 0.1) is 5.82 Å². The number of nitrogens with zero attached hydrogens (tertiary/aromatic N) is 1. The zero-order valence-corrected chi connectivity index (χ0v) is 15.5. The van der Waals surface area contributed by atoms with Crippen molar-refractivity contribution in [3.8, 4) is 11.5 Å². The van der Waals surface area contributed by atoms with E-state index in [4.69, 9.17) is 14.2 Å². The molecular formula is C20H24FN3O3. The van der Waals surface area contributed by atoms with E-state index in [1.165, 1.54) is 12.1 Å². The molecule has 2 aromatic rings. The van der Waals surface area contributed by atoms with Crippen LogP contribution in [0.1, 0.15) is 16.7 Å². The van der Waals surface area contributed by atoms with Gasteiger partial charge in [-0.2, -0.15) is 0 Å². The van der Waals surface area contributed by atoms with Crippen molar-refractivity contribution < 1.29 is 18.6 Å². The molecule has 7 heteroatoms. The van der Waals surface area contributed by atoms with Crippen molar-refractivity contribution >= 4 is 5.96 Å². The molecule has 0 spiro atoms. The van der Waals surface area contributed by atoms with Crippen LogP contribution in [0.5, 0.6) is 11.5 Å². The minimum absolute atomic E-state index is 0.196. The highest BCUT2D eigenvalue weighted by molar-refractivity contribution is 5.79. The highest BCUT2D eigenvalue weighted by atomic mass is 19.1. The standard InChI is InChI=1S/C20H24FN3O3/c1-22-20(24-11-15-5-3-4-6-18(15)25-2)23-8-7-14-9-17(21)10-16-12-26-13-27-19(14)16/h3-6,9-10H,7-8,11-13H2,1-2H3,(H2,22,23,24). The topological polar surface area (TPSA) is 64.1 Å². The van der Waals surface area contributed by atoms with Crippen LogP contribution in [0.3, 0.4) is 0 Å². The van der Waals surface area contributed by atoms with Crippen LogP contribution in [-0.2, 0) is 24.3 Å². The Balaban J connectivity index is 1.55. The molecule has 1 heterocycles.